The zero-order chi connectivity index (χ0) is 18.9. The average molecular weight is 351 g/mol. The van der Waals surface area contributed by atoms with Crippen molar-refractivity contribution in [2.45, 2.75) is 97.7 Å². The second-order valence-corrected chi connectivity index (χ2v) is 11.0. The van der Waals surface area contributed by atoms with Gasteiger partial charge in [0, 0.05) is 30.7 Å². The quantitative estimate of drug-likeness (QED) is 0.528. The summed E-state index contributed by atoms with van der Waals surface area (Å²) in [6.07, 6.45) is 4.35. The van der Waals surface area contributed by atoms with E-state index in [4.69, 9.17) is 0 Å². The smallest absolute Gasteiger partial charge is 0.227 e. The number of carbonyl (C=O) groups excluding carboxylic acids is 1. The Kier molecular flexibility index (Phi) is 3.90. The zero-order valence-electron chi connectivity index (χ0n) is 17.0. The van der Waals surface area contributed by atoms with Crippen LogP contribution in [0.3, 0.4) is 0 Å². The van der Waals surface area contributed by atoms with Crippen molar-refractivity contribution in [3.8, 4) is 0 Å². The molecule has 3 rings (SSSR count). The standard InChI is InChI=1S/C20H35N3O2/c1-16(2)10-13(11-17(3,4)23-16)21-15(24)20-9-8-19(7,18(20,5)6)14(12-20)22-25/h13,23,25H,8-12H2,1-7H3,(H,21,24)/p+1/b22-14-/t19-,20+/m0/s1. The van der Waals surface area contributed by atoms with Crippen molar-refractivity contribution < 1.29 is 15.3 Å². The third-order valence-corrected chi connectivity index (χ3v) is 7.95. The Hall–Kier alpha value is -1.10. The minimum atomic E-state index is -0.446. The molecule has 0 aromatic rings. The van der Waals surface area contributed by atoms with Crippen LogP contribution in [0.25, 0.3) is 0 Å². The maximum absolute atomic E-state index is 13.5. The first-order chi connectivity index (χ1) is 11.3. The Morgan fingerprint density at radius 3 is 2.12 bits per heavy atom. The van der Waals surface area contributed by atoms with Crippen LogP contribution in [0.5, 0.6) is 0 Å². The molecule has 1 saturated heterocycles. The Balaban J connectivity index is 1.85. The van der Waals surface area contributed by atoms with E-state index in [1.807, 2.05) is 0 Å². The summed E-state index contributed by atoms with van der Waals surface area (Å²) in [7, 11) is 0. The van der Waals surface area contributed by atoms with Gasteiger partial charge in [-0.2, -0.15) is 0 Å². The molecule has 0 radical (unpaired) electrons. The van der Waals surface area contributed by atoms with Crippen LogP contribution in [-0.4, -0.2) is 33.9 Å². The molecular formula is C20H36N3O2+. The summed E-state index contributed by atoms with van der Waals surface area (Å²) in [5, 5.41) is 18.9. The van der Waals surface area contributed by atoms with E-state index in [1.165, 1.54) is 0 Å². The molecule has 0 aromatic carbocycles. The van der Waals surface area contributed by atoms with E-state index >= 15 is 0 Å². The average Bonchev–Trinajstić information content (AvgIpc) is 2.73. The fraction of sp³-hybridized carbons (Fsp3) is 0.900. The lowest BCUT2D eigenvalue weighted by Crippen LogP contribution is -3.06. The van der Waals surface area contributed by atoms with Gasteiger partial charge in [0.2, 0.25) is 5.91 Å². The monoisotopic (exact) mass is 350 g/mol. The summed E-state index contributed by atoms with van der Waals surface area (Å²) in [5.41, 5.74) is 0.236. The second-order valence-electron chi connectivity index (χ2n) is 11.0. The van der Waals surface area contributed by atoms with E-state index in [-0.39, 0.29) is 33.9 Å². The molecule has 1 amide bonds. The van der Waals surface area contributed by atoms with Crippen molar-refractivity contribution in [3.05, 3.63) is 0 Å². The number of fused-ring (bicyclic) bond motifs is 2. The SMILES string of the molecule is CC1(C)CC(NC(=O)[C@@]23CC[C@@](C)(/C(=N\O)C2)C3(C)C)CC(C)(C)[NH2+]1. The van der Waals surface area contributed by atoms with Gasteiger partial charge in [0.15, 0.2) is 0 Å². The first-order valence-corrected chi connectivity index (χ1v) is 9.68. The number of hydrogen-bond donors (Lipinski definition) is 3. The largest absolute Gasteiger partial charge is 0.411 e. The van der Waals surface area contributed by atoms with E-state index in [0.717, 1.165) is 31.4 Å². The van der Waals surface area contributed by atoms with Gasteiger partial charge in [0.05, 0.1) is 22.2 Å². The number of nitrogens with two attached hydrogens (primary N) is 1. The molecule has 0 unspecified atom stereocenters. The number of nitrogens with zero attached hydrogens (tertiary/aromatic N) is 1. The highest BCUT2D eigenvalue weighted by Gasteiger charge is 2.71. The van der Waals surface area contributed by atoms with Crippen LogP contribution in [0.15, 0.2) is 5.16 Å². The van der Waals surface area contributed by atoms with E-state index in [2.05, 4.69) is 64.3 Å². The van der Waals surface area contributed by atoms with Crippen LogP contribution in [0, 0.1) is 16.2 Å². The van der Waals surface area contributed by atoms with E-state index in [9.17, 15) is 10.0 Å². The number of piperidine rings is 1. The van der Waals surface area contributed by atoms with Crippen LogP contribution in [0.1, 0.15) is 80.6 Å². The Morgan fingerprint density at radius 1 is 1.08 bits per heavy atom. The Labute approximate surface area is 152 Å². The van der Waals surface area contributed by atoms with Crippen molar-refractivity contribution in [2.75, 3.05) is 0 Å². The molecule has 5 nitrogen and oxygen atoms in total. The highest BCUT2D eigenvalue weighted by molar-refractivity contribution is 6.02. The summed E-state index contributed by atoms with van der Waals surface area (Å²) in [4.78, 5) is 13.5. The number of hydrogen-bond acceptors (Lipinski definition) is 3. The van der Waals surface area contributed by atoms with Gasteiger partial charge in [0.25, 0.3) is 0 Å². The molecule has 2 aliphatic carbocycles. The molecule has 0 aromatic heterocycles. The summed E-state index contributed by atoms with van der Waals surface area (Å²) in [5.74, 6) is 0.165. The van der Waals surface area contributed by atoms with Crippen LogP contribution in [-0.2, 0) is 4.79 Å². The summed E-state index contributed by atoms with van der Waals surface area (Å²) < 4.78 is 0. The number of rotatable bonds is 2. The summed E-state index contributed by atoms with van der Waals surface area (Å²) in [6, 6.07) is 0.203. The van der Waals surface area contributed by atoms with Gasteiger partial charge in [-0.3, -0.25) is 4.79 Å². The van der Waals surface area contributed by atoms with Crippen LogP contribution in [0.4, 0.5) is 0 Å². The number of carbonyl (C=O) groups is 1. The van der Waals surface area contributed by atoms with Crippen LogP contribution >= 0.6 is 0 Å². The van der Waals surface area contributed by atoms with Crippen molar-refractivity contribution in [2.24, 2.45) is 21.4 Å². The van der Waals surface area contributed by atoms with Gasteiger partial charge < -0.3 is 15.8 Å². The van der Waals surface area contributed by atoms with Gasteiger partial charge in [0.1, 0.15) is 0 Å². The lowest BCUT2D eigenvalue weighted by molar-refractivity contribution is -0.788. The third kappa shape index (κ3) is 2.53. The number of quaternary nitrogens is 1. The van der Waals surface area contributed by atoms with Crippen molar-refractivity contribution >= 4 is 11.6 Å². The van der Waals surface area contributed by atoms with Crippen molar-refractivity contribution in [3.63, 3.8) is 0 Å². The molecule has 2 bridgehead atoms. The molecule has 25 heavy (non-hydrogen) atoms. The van der Waals surface area contributed by atoms with Gasteiger partial charge in [-0.15, -0.1) is 0 Å². The Morgan fingerprint density at radius 2 is 1.64 bits per heavy atom. The molecule has 1 heterocycles. The highest BCUT2D eigenvalue weighted by atomic mass is 16.4. The zero-order valence-corrected chi connectivity index (χ0v) is 17.0. The van der Waals surface area contributed by atoms with Crippen molar-refractivity contribution in [1.29, 1.82) is 0 Å². The molecular weight excluding hydrogens is 314 g/mol. The minimum absolute atomic E-state index is 0.129. The predicted octanol–water partition coefficient (Wildman–Crippen LogP) is 2.43. The van der Waals surface area contributed by atoms with Crippen molar-refractivity contribution in [1.82, 2.24) is 5.32 Å². The lowest BCUT2D eigenvalue weighted by atomic mass is 9.64. The Bertz CT molecular complexity index is 606. The lowest BCUT2D eigenvalue weighted by Gasteiger charge is -2.45. The second kappa shape index (κ2) is 5.21. The molecule has 3 aliphatic rings. The van der Waals surface area contributed by atoms with E-state index in [1.54, 1.807) is 0 Å². The number of amides is 1. The highest BCUT2D eigenvalue weighted by Crippen LogP contribution is 2.70. The molecule has 0 spiro atoms. The molecule has 1 aliphatic heterocycles. The minimum Gasteiger partial charge on any atom is -0.411 e. The first-order valence-electron chi connectivity index (χ1n) is 9.68. The van der Waals surface area contributed by atoms with Gasteiger partial charge in [-0.25, -0.2) is 0 Å². The van der Waals surface area contributed by atoms with Crippen LogP contribution in [0.2, 0.25) is 0 Å². The number of oxime groups is 1. The summed E-state index contributed by atoms with van der Waals surface area (Å²) in [6.45, 7) is 15.6. The number of nitrogens with one attached hydrogen (secondary N) is 1. The van der Waals surface area contributed by atoms with E-state index < -0.39 is 5.41 Å². The van der Waals surface area contributed by atoms with Crippen LogP contribution < -0.4 is 10.6 Å². The third-order valence-electron chi connectivity index (χ3n) is 7.95. The first kappa shape index (κ1) is 18.7. The summed E-state index contributed by atoms with van der Waals surface area (Å²) >= 11 is 0. The maximum atomic E-state index is 13.5. The molecule has 3 fully saturated rings. The molecule has 2 saturated carbocycles. The molecule has 142 valence electrons. The normalized spacial score (nSPS) is 40.4. The molecule has 2 atom stereocenters. The fourth-order valence-electron chi connectivity index (χ4n) is 6.48. The van der Waals surface area contributed by atoms with Gasteiger partial charge in [-0.05, 0) is 46.0 Å². The maximum Gasteiger partial charge on any atom is 0.227 e. The fourth-order valence-corrected chi connectivity index (χ4v) is 6.48. The van der Waals surface area contributed by atoms with Gasteiger partial charge in [-0.1, -0.05) is 25.9 Å². The predicted molar refractivity (Wildman–Crippen MR) is 98.6 cm³/mol. The van der Waals surface area contributed by atoms with E-state index in [0.29, 0.717) is 6.42 Å². The topological polar surface area (TPSA) is 78.3 Å². The molecule has 4 N–H and O–H groups in total. The van der Waals surface area contributed by atoms with Gasteiger partial charge >= 0.3 is 0 Å². The molecule has 5 heteroatoms.